The fourth-order valence-corrected chi connectivity index (χ4v) is 2.56. The van der Waals surface area contributed by atoms with E-state index >= 15 is 0 Å². The Morgan fingerprint density at radius 2 is 2.05 bits per heavy atom. The molecule has 1 fully saturated rings. The van der Waals surface area contributed by atoms with E-state index in [2.05, 4.69) is 15.3 Å². The molecule has 0 bridgehead atoms. The first kappa shape index (κ1) is 14.6. The lowest BCUT2D eigenvalue weighted by Gasteiger charge is -2.27. The summed E-state index contributed by atoms with van der Waals surface area (Å²) in [5.74, 6) is 1.26. The topological polar surface area (TPSA) is 101 Å². The Labute approximate surface area is 118 Å². The molecule has 0 unspecified atom stereocenters. The van der Waals surface area contributed by atoms with Gasteiger partial charge in [0.2, 0.25) is 5.91 Å². The quantitative estimate of drug-likeness (QED) is 0.773. The number of nitrogens with two attached hydrogens (primary N) is 1. The number of carbonyl (C=O) groups is 1. The van der Waals surface area contributed by atoms with Crippen LogP contribution in [0.4, 0.5) is 5.82 Å². The van der Waals surface area contributed by atoms with E-state index in [1.807, 2.05) is 13.8 Å². The molecule has 2 rings (SSSR count). The van der Waals surface area contributed by atoms with Crippen LogP contribution in [0.1, 0.15) is 51.3 Å². The summed E-state index contributed by atoms with van der Waals surface area (Å²) < 4.78 is 0. The molecule has 1 aliphatic rings. The van der Waals surface area contributed by atoms with Crippen LogP contribution in [0.3, 0.4) is 0 Å². The number of hydrogen-bond acceptors (Lipinski definition) is 4. The highest BCUT2D eigenvalue weighted by Crippen LogP contribution is 2.25. The van der Waals surface area contributed by atoms with Crippen molar-refractivity contribution in [1.82, 2.24) is 9.97 Å². The predicted octanol–water partition coefficient (Wildman–Crippen LogP) is 1.35. The van der Waals surface area contributed by atoms with Gasteiger partial charge in [0.1, 0.15) is 11.6 Å². The fraction of sp³-hybridized carbons (Fsp3) is 0.643. The molecule has 20 heavy (non-hydrogen) atoms. The molecule has 0 saturated heterocycles. The Morgan fingerprint density at radius 3 is 2.60 bits per heavy atom. The molecule has 1 saturated carbocycles. The van der Waals surface area contributed by atoms with Crippen molar-refractivity contribution in [2.75, 3.05) is 5.32 Å². The molecular formula is C14H22N4O2. The molecule has 0 aliphatic heterocycles. The Bertz CT molecular complexity index is 530. The molecule has 0 aromatic carbocycles. The summed E-state index contributed by atoms with van der Waals surface area (Å²) in [6, 6.07) is 1.73. The van der Waals surface area contributed by atoms with Gasteiger partial charge in [-0.15, -0.1) is 0 Å². The van der Waals surface area contributed by atoms with Crippen LogP contribution in [0.2, 0.25) is 0 Å². The lowest BCUT2D eigenvalue weighted by molar-refractivity contribution is -0.122. The van der Waals surface area contributed by atoms with Crippen LogP contribution >= 0.6 is 0 Å². The summed E-state index contributed by atoms with van der Waals surface area (Å²) in [6.45, 7) is 3.97. The van der Waals surface area contributed by atoms with Gasteiger partial charge in [0.05, 0.1) is 0 Å². The van der Waals surface area contributed by atoms with Gasteiger partial charge in [-0.05, 0) is 25.7 Å². The monoisotopic (exact) mass is 278 g/mol. The second-order valence-electron chi connectivity index (χ2n) is 5.77. The van der Waals surface area contributed by atoms with Crippen LogP contribution in [0, 0.1) is 5.92 Å². The van der Waals surface area contributed by atoms with Crippen molar-refractivity contribution < 1.29 is 4.79 Å². The molecule has 1 aromatic heterocycles. The van der Waals surface area contributed by atoms with Crippen LogP contribution in [-0.4, -0.2) is 21.9 Å². The summed E-state index contributed by atoms with van der Waals surface area (Å²) >= 11 is 0. The van der Waals surface area contributed by atoms with Crippen molar-refractivity contribution in [2.24, 2.45) is 11.7 Å². The first-order valence-corrected chi connectivity index (χ1v) is 7.13. The Kier molecular flexibility index (Phi) is 4.42. The minimum absolute atomic E-state index is 0.00795. The number of hydrogen-bond donors (Lipinski definition) is 3. The largest absolute Gasteiger partial charge is 0.369 e. The molecule has 4 N–H and O–H groups in total. The van der Waals surface area contributed by atoms with E-state index in [0.717, 1.165) is 25.7 Å². The third-order valence-corrected chi connectivity index (χ3v) is 3.79. The molecule has 1 amide bonds. The number of amides is 1. The number of nitrogens with zero attached hydrogens (tertiary/aromatic N) is 1. The average Bonchev–Trinajstić information content (AvgIpc) is 2.38. The van der Waals surface area contributed by atoms with Crippen LogP contribution < -0.4 is 16.6 Å². The van der Waals surface area contributed by atoms with E-state index in [9.17, 15) is 9.59 Å². The summed E-state index contributed by atoms with van der Waals surface area (Å²) in [7, 11) is 0. The molecule has 6 heteroatoms. The Hall–Kier alpha value is -1.85. The summed E-state index contributed by atoms with van der Waals surface area (Å²) in [4.78, 5) is 29.9. The van der Waals surface area contributed by atoms with Crippen LogP contribution in [0.25, 0.3) is 0 Å². The minimum Gasteiger partial charge on any atom is -0.369 e. The molecule has 1 aliphatic carbocycles. The van der Waals surface area contributed by atoms with Crippen LogP contribution in [0.15, 0.2) is 10.9 Å². The second-order valence-corrected chi connectivity index (χ2v) is 5.77. The van der Waals surface area contributed by atoms with Crippen molar-refractivity contribution in [3.63, 3.8) is 0 Å². The highest BCUT2D eigenvalue weighted by molar-refractivity contribution is 5.76. The Balaban J connectivity index is 2.01. The molecule has 0 atom stereocenters. The molecule has 1 aromatic rings. The maximum Gasteiger partial charge on any atom is 0.252 e. The lowest BCUT2D eigenvalue weighted by atomic mass is 9.85. The van der Waals surface area contributed by atoms with Gasteiger partial charge in [0.15, 0.2) is 0 Å². The first-order valence-electron chi connectivity index (χ1n) is 7.13. The van der Waals surface area contributed by atoms with Crippen molar-refractivity contribution >= 4 is 11.7 Å². The SMILES string of the molecule is CC(C)c1nc(NC2CCC(C(N)=O)CC2)cc(=O)[nH]1. The number of aromatic nitrogens is 2. The predicted molar refractivity (Wildman–Crippen MR) is 77.5 cm³/mol. The number of carbonyl (C=O) groups excluding carboxylic acids is 1. The zero-order valence-corrected chi connectivity index (χ0v) is 12.0. The fourth-order valence-electron chi connectivity index (χ4n) is 2.56. The first-order chi connectivity index (χ1) is 9.45. The average molecular weight is 278 g/mol. The highest BCUT2D eigenvalue weighted by Gasteiger charge is 2.24. The molecule has 0 spiro atoms. The van der Waals surface area contributed by atoms with Gasteiger partial charge in [0, 0.05) is 23.9 Å². The smallest absolute Gasteiger partial charge is 0.252 e. The van der Waals surface area contributed by atoms with E-state index in [1.54, 1.807) is 0 Å². The van der Waals surface area contributed by atoms with Crippen molar-refractivity contribution in [3.8, 4) is 0 Å². The van der Waals surface area contributed by atoms with Crippen molar-refractivity contribution in [2.45, 2.75) is 51.5 Å². The maximum absolute atomic E-state index is 11.6. The molecular weight excluding hydrogens is 256 g/mol. The summed E-state index contributed by atoms with van der Waals surface area (Å²) in [5.41, 5.74) is 5.18. The van der Waals surface area contributed by atoms with E-state index in [-0.39, 0.29) is 29.3 Å². The number of rotatable bonds is 4. The van der Waals surface area contributed by atoms with Gasteiger partial charge >= 0.3 is 0 Å². The number of primary amides is 1. The van der Waals surface area contributed by atoms with Crippen molar-refractivity contribution in [1.29, 1.82) is 0 Å². The maximum atomic E-state index is 11.6. The molecule has 110 valence electrons. The normalized spacial score (nSPS) is 22.8. The molecule has 6 nitrogen and oxygen atoms in total. The summed E-state index contributed by atoms with van der Waals surface area (Å²) in [5, 5.41) is 3.29. The van der Waals surface area contributed by atoms with Gasteiger partial charge < -0.3 is 16.0 Å². The van der Waals surface area contributed by atoms with Gasteiger partial charge in [0.25, 0.3) is 5.56 Å². The van der Waals surface area contributed by atoms with Gasteiger partial charge in [-0.2, -0.15) is 0 Å². The van der Waals surface area contributed by atoms with Gasteiger partial charge in [-0.1, -0.05) is 13.8 Å². The zero-order valence-electron chi connectivity index (χ0n) is 12.0. The Morgan fingerprint density at radius 1 is 1.40 bits per heavy atom. The second kappa shape index (κ2) is 6.07. The molecule has 0 radical (unpaired) electrons. The number of anilines is 1. The number of aromatic amines is 1. The van der Waals surface area contributed by atoms with E-state index < -0.39 is 0 Å². The van der Waals surface area contributed by atoms with Gasteiger partial charge in [-0.25, -0.2) is 4.98 Å². The molecule has 1 heterocycles. The van der Waals surface area contributed by atoms with Crippen LogP contribution in [-0.2, 0) is 4.79 Å². The number of nitrogens with one attached hydrogen (secondary N) is 2. The van der Waals surface area contributed by atoms with Gasteiger partial charge in [-0.3, -0.25) is 9.59 Å². The minimum atomic E-state index is -0.208. The lowest BCUT2D eigenvalue weighted by Crippen LogP contribution is -2.33. The third-order valence-electron chi connectivity index (χ3n) is 3.79. The van der Waals surface area contributed by atoms with E-state index in [1.165, 1.54) is 6.07 Å². The standard InChI is InChI=1S/C14H22N4O2/c1-8(2)14-17-11(7-12(19)18-14)16-10-5-3-9(4-6-10)13(15)20/h7-10H,3-6H2,1-2H3,(H2,15,20)(H2,16,17,18,19). The summed E-state index contributed by atoms with van der Waals surface area (Å²) in [6.07, 6.45) is 3.35. The van der Waals surface area contributed by atoms with E-state index in [4.69, 9.17) is 5.73 Å². The zero-order chi connectivity index (χ0) is 14.7. The van der Waals surface area contributed by atoms with Crippen molar-refractivity contribution in [3.05, 3.63) is 22.2 Å². The third kappa shape index (κ3) is 3.59. The number of H-pyrrole nitrogens is 1. The highest BCUT2D eigenvalue weighted by atomic mass is 16.1. The van der Waals surface area contributed by atoms with Crippen LogP contribution in [0.5, 0.6) is 0 Å². The van der Waals surface area contributed by atoms with E-state index in [0.29, 0.717) is 11.6 Å².